The summed E-state index contributed by atoms with van der Waals surface area (Å²) in [7, 11) is 0. The Morgan fingerprint density at radius 2 is 2.18 bits per heavy atom. The van der Waals surface area contributed by atoms with Gasteiger partial charge in [-0.05, 0) is 48.8 Å². The molecule has 1 N–H and O–H groups in total. The van der Waals surface area contributed by atoms with E-state index in [1.165, 1.54) is 0 Å². The van der Waals surface area contributed by atoms with E-state index in [2.05, 4.69) is 10.1 Å². The first kappa shape index (κ1) is 18.9. The first-order valence-electron chi connectivity index (χ1n) is 9.56. The molecule has 28 heavy (non-hydrogen) atoms. The number of piperidine rings is 1. The number of rotatable bonds is 7. The zero-order valence-electron chi connectivity index (χ0n) is 15.5. The first-order valence-corrected chi connectivity index (χ1v) is 10.4. The smallest absolute Gasteiger partial charge is 0.238 e. The number of thiophene rings is 1. The highest BCUT2D eigenvalue weighted by Gasteiger charge is 2.28. The lowest BCUT2D eigenvalue weighted by molar-refractivity contribution is -0.133. The summed E-state index contributed by atoms with van der Waals surface area (Å²) in [5.74, 6) is 1.88. The van der Waals surface area contributed by atoms with Gasteiger partial charge in [0, 0.05) is 30.8 Å². The zero-order valence-corrected chi connectivity index (χ0v) is 16.3. The van der Waals surface area contributed by atoms with Crippen molar-refractivity contribution in [3.05, 3.63) is 46.7 Å². The average Bonchev–Trinajstić information content (AvgIpc) is 3.49. The van der Waals surface area contributed by atoms with Crippen molar-refractivity contribution in [3.8, 4) is 11.6 Å². The molecule has 1 aliphatic rings. The molecule has 3 aromatic rings. The van der Waals surface area contributed by atoms with Crippen molar-refractivity contribution in [1.29, 1.82) is 0 Å². The number of carbonyl (C=O) groups is 1. The summed E-state index contributed by atoms with van der Waals surface area (Å²) in [5.41, 5.74) is 0. The molecule has 0 aromatic carbocycles. The summed E-state index contributed by atoms with van der Waals surface area (Å²) in [6.45, 7) is 1.41. The molecule has 1 amide bonds. The van der Waals surface area contributed by atoms with Crippen molar-refractivity contribution in [2.45, 2.75) is 38.2 Å². The number of aryl methyl sites for hydroxylation is 1. The number of hydrogen-bond donors (Lipinski definition) is 1. The van der Waals surface area contributed by atoms with Gasteiger partial charge in [-0.15, -0.1) is 11.3 Å². The van der Waals surface area contributed by atoms with Crippen LogP contribution in [0.15, 0.2) is 44.8 Å². The zero-order chi connectivity index (χ0) is 19.3. The fourth-order valence-corrected chi connectivity index (χ4v) is 4.37. The lowest BCUT2D eigenvalue weighted by Crippen LogP contribution is -2.39. The van der Waals surface area contributed by atoms with Gasteiger partial charge in [0.15, 0.2) is 5.76 Å². The molecule has 0 bridgehead atoms. The fourth-order valence-electron chi connectivity index (χ4n) is 3.57. The van der Waals surface area contributed by atoms with Crippen LogP contribution in [0.2, 0.25) is 0 Å². The summed E-state index contributed by atoms with van der Waals surface area (Å²) in [4.78, 5) is 19.7. The summed E-state index contributed by atoms with van der Waals surface area (Å²) in [6.07, 6.45) is 4.49. The van der Waals surface area contributed by atoms with E-state index in [1.807, 2.05) is 22.4 Å². The lowest BCUT2D eigenvalue weighted by atomic mass is 9.90. The van der Waals surface area contributed by atoms with Crippen molar-refractivity contribution in [2.24, 2.45) is 5.92 Å². The van der Waals surface area contributed by atoms with E-state index in [0.29, 0.717) is 49.8 Å². The number of aliphatic hydroxyl groups excluding tert-OH is 1. The van der Waals surface area contributed by atoms with Crippen molar-refractivity contribution < 1.29 is 18.8 Å². The van der Waals surface area contributed by atoms with Crippen LogP contribution in [-0.2, 0) is 11.2 Å². The van der Waals surface area contributed by atoms with Crippen LogP contribution in [0, 0.1) is 5.92 Å². The van der Waals surface area contributed by atoms with E-state index in [4.69, 9.17) is 8.94 Å². The quantitative estimate of drug-likeness (QED) is 0.649. The van der Waals surface area contributed by atoms with E-state index >= 15 is 0 Å². The maximum atomic E-state index is 12.5. The number of amides is 1. The van der Waals surface area contributed by atoms with Crippen molar-refractivity contribution in [3.63, 3.8) is 0 Å². The third-order valence-corrected chi connectivity index (χ3v) is 6.11. The first-order chi connectivity index (χ1) is 13.7. The van der Waals surface area contributed by atoms with Crippen molar-refractivity contribution in [1.82, 2.24) is 15.0 Å². The summed E-state index contributed by atoms with van der Waals surface area (Å²) >= 11 is 1.59. The van der Waals surface area contributed by atoms with Crippen LogP contribution in [-0.4, -0.2) is 39.1 Å². The molecule has 0 saturated carbocycles. The number of furan rings is 1. The average molecular weight is 401 g/mol. The highest BCUT2D eigenvalue weighted by atomic mass is 32.1. The molecule has 1 fully saturated rings. The Morgan fingerprint density at radius 3 is 2.89 bits per heavy atom. The molecule has 0 aliphatic carbocycles. The standard InChI is InChI=1S/C20H23N3O4S/c24-18(7-1-6-17-21-20(22-27-17)15-4-2-12-26-15)23-10-8-14(9-11-23)19(25)16-5-3-13-28-16/h2-5,12-14,19,25H,1,6-11H2. The number of nitrogens with zero attached hydrogens (tertiary/aromatic N) is 3. The number of hydrogen-bond acceptors (Lipinski definition) is 7. The Labute approximate surface area is 167 Å². The van der Waals surface area contributed by atoms with E-state index < -0.39 is 6.10 Å². The third-order valence-electron chi connectivity index (χ3n) is 5.16. The highest BCUT2D eigenvalue weighted by molar-refractivity contribution is 7.10. The minimum atomic E-state index is -0.418. The molecule has 1 atom stereocenters. The molecule has 1 saturated heterocycles. The van der Waals surface area contributed by atoms with Crippen LogP contribution < -0.4 is 0 Å². The Bertz CT molecular complexity index is 867. The molecule has 148 valence electrons. The molecule has 4 heterocycles. The monoisotopic (exact) mass is 401 g/mol. The maximum absolute atomic E-state index is 12.5. The summed E-state index contributed by atoms with van der Waals surface area (Å²) in [5, 5.41) is 16.4. The van der Waals surface area contributed by atoms with E-state index in [-0.39, 0.29) is 11.8 Å². The van der Waals surface area contributed by atoms with Crippen LogP contribution in [0.3, 0.4) is 0 Å². The van der Waals surface area contributed by atoms with Gasteiger partial charge >= 0.3 is 0 Å². The Hall–Kier alpha value is -2.45. The third kappa shape index (κ3) is 4.34. The molecule has 1 aliphatic heterocycles. The van der Waals surface area contributed by atoms with Crippen LogP contribution in [0.1, 0.15) is 42.6 Å². The maximum Gasteiger partial charge on any atom is 0.238 e. The predicted octanol–water partition coefficient (Wildman–Crippen LogP) is 3.69. The number of aliphatic hydroxyl groups is 1. The second kappa shape index (κ2) is 8.70. The molecular formula is C20H23N3O4S. The highest BCUT2D eigenvalue weighted by Crippen LogP contribution is 2.33. The van der Waals surface area contributed by atoms with Gasteiger partial charge in [-0.1, -0.05) is 11.2 Å². The molecule has 4 rings (SSSR count). The number of likely N-dealkylation sites (tertiary alicyclic amines) is 1. The summed E-state index contributed by atoms with van der Waals surface area (Å²) in [6, 6.07) is 7.48. The lowest BCUT2D eigenvalue weighted by Gasteiger charge is -2.34. The molecule has 3 aromatic heterocycles. The second-order valence-corrected chi connectivity index (χ2v) is 8.00. The SMILES string of the molecule is O=C(CCCc1nc(-c2ccco2)no1)N1CCC(C(O)c2cccs2)CC1. The van der Waals surface area contributed by atoms with E-state index in [9.17, 15) is 9.90 Å². The number of aromatic nitrogens is 2. The predicted molar refractivity (Wildman–Crippen MR) is 104 cm³/mol. The number of carbonyl (C=O) groups excluding carboxylic acids is 1. The van der Waals surface area contributed by atoms with Crippen molar-refractivity contribution >= 4 is 17.2 Å². The largest absolute Gasteiger partial charge is 0.461 e. The molecule has 7 nitrogen and oxygen atoms in total. The van der Waals surface area contributed by atoms with Gasteiger partial charge in [0.1, 0.15) is 0 Å². The minimum Gasteiger partial charge on any atom is -0.461 e. The van der Waals surface area contributed by atoms with Crippen LogP contribution in [0.25, 0.3) is 11.6 Å². The van der Waals surface area contributed by atoms with Gasteiger partial charge in [0.05, 0.1) is 12.4 Å². The topological polar surface area (TPSA) is 92.6 Å². The van der Waals surface area contributed by atoms with Crippen molar-refractivity contribution in [2.75, 3.05) is 13.1 Å². The van der Waals surface area contributed by atoms with Gasteiger partial charge in [-0.2, -0.15) is 4.98 Å². The Balaban J connectivity index is 1.20. The van der Waals surface area contributed by atoms with Crippen LogP contribution >= 0.6 is 11.3 Å². The fraction of sp³-hybridized carbons (Fsp3) is 0.450. The normalized spacial score (nSPS) is 16.4. The van der Waals surface area contributed by atoms with Gasteiger partial charge in [0.2, 0.25) is 17.6 Å². The summed E-state index contributed by atoms with van der Waals surface area (Å²) < 4.78 is 10.5. The molecule has 8 heteroatoms. The van der Waals surface area contributed by atoms with E-state index in [0.717, 1.165) is 17.7 Å². The second-order valence-electron chi connectivity index (χ2n) is 7.02. The molecule has 0 spiro atoms. The van der Waals surface area contributed by atoms with Gasteiger partial charge in [-0.25, -0.2) is 0 Å². The van der Waals surface area contributed by atoms with E-state index in [1.54, 1.807) is 29.7 Å². The molecular weight excluding hydrogens is 378 g/mol. The van der Waals surface area contributed by atoms with Gasteiger partial charge < -0.3 is 18.9 Å². The Kier molecular flexibility index (Phi) is 5.87. The van der Waals surface area contributed by atoms with Crippen LogP contribution in [0.5, 0.6) is 0 Å². The molecule has 0 radical (unpaired) electrons. The van der Waals surface area contributed by atoms with Gasteiger partial charge in [0.25, 0.3) is 0 Å². The van der Waals surface area contributed by atoms with Gasteiger partial charge in [-0.3, -0.25) is 4.79 Å². The minimum absolute atomic E-state index is 0.148. The van der Waals surface area contributed by atoms with Crippen LogP contribution in [0.4, 0.5) is 0 Å². The Morgan fingerprint density at radius 1 is 1.32 bits per heavy atom. The molecule has 1 unspecified atom stereocenters.